The molecule has 1 aromatic heterocycles. The lowest BCUT2D eigenvalue weighted by molar-refractivity contribution is 0.376. The van der Waals surface area contributed by atoms with Crippen molar-refractivity contribution < 1.29 is 0 Å². The first kappa shape index (κ1) is 12.6. The molecule has 1 aliphatic heterocycles. The van der Waals surface area contributed by atoms with Crippen molar-refractivity contribution in [3.63, 3.8) is 0 Å². The van der Waals surface area contributed by atoms with Gasteiger partial charge in [-0.25, -0.2) is 0 Å². The van der Waals surface area contributed by atoms with Crippen LogP contribution in [-0.4, -0.2) is 34.3 Å². The number of aromatic nitrogens is 3. The fourth-order valence-corrected chi connectivity index (χ4v) is 4.43. The maximum atomic E-state index is 6.18. The van der Waals surface area contributed by atoms with E-state index >= 15 is 0 Å². The fraction of sp³-hybridized carbons (Fsp3) is 0.867. The molecule has 4 rings (SSSR count). The summed E-state index contributed by atoms with van der Waals surface area (Å²) in [5, 5.41) is 7.67. The molecule has 20 heavy (non-hydrogen) atoms. The van der Waals surface area contributed by atoms with Gasteiger partial charge in [-0.3, -0.25) is 5.10 Å². The molecular weight excluding hydrogens is 250 g/mol. The van der Waals surface area contributed by atoms with Crippen molar-refractivity contribution in [2.75, 3.05) is 18.0 Å². The standard InChI is InChI=1S/C15H25N5/c1-9-4-5-20(8-13(9)16)15-17-14(18-19-15)12-7-10-2-3-11(12)6-10/h9-13H,2-8,16H2,1H3,(H,17,18,19). The molecule has 2 aliphatic carbocycles. The zero-order valence-corrected chi connectivity index (χ0v) is 12.3. The second kappa shape index (κ2) is 4.72. The third-order valence-electron chi connectivity index (χ3n) is 5.88. The Hall–Kier alpha value is -1.10. The molecular formula is C15H25N5. The Labute approximate surface area is 120 Å². The summed E-state index contributed by atoms with van der Waals surface area (Å²) in [5.74, 6) is 5.03. The third-order valence-corrected chi connectivity index (χ3v) is 5.88. The van der Waals surface area contributed by atoms with E-state index in [1.807, 2.05) is 0 Å². The summed E-state index contributed by atoms with van der Waals surface area (Å²) in [6.07, 6.45) is 6.68. The quantitative estimate of drug-likeness (QED) is 0.864. The zero-order valence-electron chi connectivity index (χ0n) is 12.3. The van der Waals surface area contributed by atoms with E-state index in [9.17, 15) is 0 Å². The van der Waals surface area contributed by atoms with Crippen LogP contribution in [0, 0.1) is 17.8 Å². The van der Waals surface area contributed by atoms with Gasteiger partial charge >= 0.3 is 0 Å². The van der Waals surface area contributed by atoms with E-state index in [0.29, 0.717) is 11.8 Å². The van der Waals surface area contributed by atoms with Gasteiger partial charge in [-0.2, -0.15) is 4.98 Å². The van der Waals surface area contributed by atoms with Crippen molar-refractivity contribution in [3.8, 4) is 0 Å². The van der Waals surface area contributed by atoms with Crippen molar-refractivity contribution in [1.82, 2.24) is 15.2 Å². The minimum atomic E-state index is 0.244. The van der Waals surface area contributed by atoms with Gasteiger partial charge < -0.3 is 10.6 Å². The van der Waals surface area contributed by atoms with Crippen molar-refractivity contribution in [3.05, 3.63) is 5.82 Å². The van der Waals surface area contributed by atoms with Crippen LogP contribution in [0.5, 0.6) is 0 Å². The van der Waals surface area contributed by atoms with Gasteiger partial charge in [0.1, 0.15) is 5.82 Å². The number of rotatable bonds is 2. The molecule has 5 nitrogen and oxygen atoms in total. The first-order valence-electron chi connectivity index (χ1n) is 8.13. The number of H-pyrrole nitrogens is 1. The molecule has 0 spiro atoms. The van der Waals surface area contributed by atoms with Gasteiger partial charge in [-0.15, -0.1) is 5.10 Å². The monoisotopic (exact) mass is 275 g/mol. The molecule has 2 bridgehead atoms. The molecule has 5 atom stereocenters. The van der Waals surface area contributed by atoms with Crippen molar-refractivity contribution in [2.45, 2.75) is 51.0 Å². The number of hydrogen-bond donors (Lipinski definition) is 2. The second-order valence-corrected chi connectivity index (χ2v) is 7.18. The van der Waals surface area contributed by atoms with E-state index in [-0.39, 0.29) is 6.04 Å². The minimum Gasteiger partial charge on any atom is -0.338 e. The summed E-state index contributed by atoms with van der Waals surface area (Å²) >= 11 is 0. The van der Waals surface area contributed by atoms with E-state index in [2.05, 4.69) is 22.0 Å². The predicted octanol–water partition coefficient (Wildman–Crippen LogP) is 1.88. The van der Waals surface area contributed by atoms with Crippen LogP contribution in [0.1, 0.15) is 50.8 Å². The van der Waals surface area contributed by atoms with Gasteiger partial charge in [0.2, 0.25) is 5.95 Å². The highest BCUT2D eigenvalue weighted by molar-refractivity contribution is 5.31. The maximum Gasteiger partial charge on any atom is 0.244 e. The van der Waals surface area contributed by atoms with Crippen molar-refractivity contribution in [2.24, 2.45) is 23.5 Å². The van der Waals surface area contributed by atoms with Gasteiger partial charge in [0, 0.05) is 25.0 Å². The van der Waals surface area contributed by atoms with Crippen LogP contribution in [0.25, 0.3) is 0 Å². The van der Waals surface area contributed by atoms with Gasteiger partial charge in [0.15, 0.2) is 0 Å². The average Bonchev–Trinajstić information content (AvgIpc) is 3.16. The Bertz CT molecular complexity index is 484. The summed E-state index contributed by atoms with van der Waals surface area (Å²) in [6, 6.07) is 0.244. The van der Waals surface area contributed by atoms with E-state index in [0.717, 1.165) is 43.1 Å². The number of nitrogens with two attached hydrogens (primary N) is 1. The predicted molar refractivity (Wildman–Crippen MR) is 78.5 cm³/mol. The molecule has 1 saturated heterocycles. The SMILES string of the molecule is CC1CCN(c2n[nH]c(C3CC4CCC3C4)n2)CC1N. The van der Waals surface area contributed by atoms with E-state index < -0.39 is 0 Å². The molecule has 3 N–H and O–H groups in total. The molecule has 3 fully saturated rings. The number of anilines is 1. The Balaban J connectivity index is 1.48. The van der Waals surface area contributed by atoms with E-state index in [4.69, 9.17) is 10.7 Å². The molecule has 5 unspecified atom stereocenters. The van der Waals surface area contributed by atoms with Crippen LogP contribution >= 0.6 is 0 Å². The normalized spacial score (nSPS) is 40.5. The second-order valence-electron chi connectivity index (χ2n) is 7.18. The summed E-state index contributed by atoms with van der Waals surface area (Å²) in [7, 11) is 0. The first-order chi connectivity index (χ1) is 9.70. The van der Waals surface area contributed by atoms with Crippen molar-refractivity contribution in [1.29, 1.82) is 0 Å². The van der Waals surface area contributed by atoms with Crippen LogP contribution in [-0.2, 0) is 0 Å². The lowest BCUT2D eigenvalue weighted by Crippen LogP contribution is -2.48. The van der Waals surface area contributed by atoms with Gasteiger partial charge in [-0.1, -0.05) is 13.3 Å². The van der Waals surface area contributed by atoms with Crippen LogP contribution in [0.2, 0.25) is 0 Å². The molecule has 0 aromatic carbocycles. The van der Waals surface area contributed by atoms with Gasteiger partial charge in [-0.05, 0) is 43.4 Å². The number of fused-ring (bicyclic) bond motifs is 2. The lowest BCUT2D eigenvalue weighted by atomic mass is 9.88. The van der Waals surface area contributed by atoms with Gasteiger partial charge in [0.25, 0.3) is 0 Å². The van der Waals surface area contributed by atoms with E-state index in [1.54, 1.807) is 0 Å². The fourth-order valence-electron chi connectivity index (χ4n) is 4.43. The average molecular weight is 275 g/mol. The Morgan fingerprint density at radius 3 is 2.85 bits per heavy atom. The highest BCUT2D eigenvalue weighted by Crippen LogP contribution is 2.52. The molecule has 0 amide bonds. The molecule has 110 valence electrons. The first-order valence-corrected chi connectivity index (χ1v) is 8.13. The smallest absolute Gasteiger partial charge is 0.244 e. The van der Waals surface area contributed by atoms with Crippen LogP contribution in [0.3, 0.4) is 0 Å². The van der Waals surface area contributed by atoms with Crippen LogP contribution < -0.4 is 10.6 Å². The Kier molecular flexibility index (Phi) is 2.98. The summed E-state index contributed by atoms with van der Waals surface area (Å²) < 4.78 is 0. The lowest BCUT2D eigenvalue weighted by Gasteiger charge is -2.34. The zero-order chi connectivity index (χ0) is 13.7. The number of nitrogens with zero attached hydrogens (tertiary/aromatic N) is 3. The number of aromatic amines is 1. The number of hydrogen-bond acceptors (Lipinski definition) is 4. The molecule has 0 radical (unpaired) electrons. The Morgan fingerprint density at radius 1 is 1.25 bits per heavy atom. The summed E-state index contributed by atoms with van der Waals surface area (Å²) in [4.78, 5) is 7.05. The largest absolute Gasteiger partial charge is 0.338 e. The maximum absolute atomic E-state index is 6.18. The highest BCUT2D eigenvalue weighted by atomic mass is 15.4. The van der Waals surface area contributed by atoms with Crippen LogP contribution in [0.15, 0.2) is 0 Å². The molecule has 2 saturated carbocycles. The minimum absolute atomic E-state index is 0.244. The number of piperidine rings is 1. The summed E-state index contributed by atoms with van der Waals surface area (Å²) in [6.45, 7) is 4.15. The van der Waals surface area contributed by atoms with Crippen molar-refractivity contribution >= 4 is 5.95 Å². The third kappa shape index (κ3) is 2.03. The summed E-state index contributed by atoms with van der Waals surface area (Å²) in [5.41, 5.74) is 6.18. The molecule has 5 heteroatoms. The van der Waals surface area contributed by atoms with Crippen LogP contribution in [0.4, 0.5) is 5.95 Å². The van der Waals surface area contributed by atoms with E-state index in [1.165, 1.54) is 25.7 Å². The molecule has 2 heterocycles. The molecule has 3 aliphatic rings. The molecule has 1 aromatic rings. The Morgan fingerprint density at radius 2 is 2.15 bits per heavy atom. The topological polar surface area (TPSA) is 70.8 Å². The highest BCUT2D eigenvalue weighted by Gasteiger charge is 2.42. The van der Waals surface area contributed by atoms with Gasteiger partial charge in [0.05, 0.1) is 0 Å². The number of nitrogens with one attached hydrogen (secondary N) is 1.